The molecule has 1 aliphatic carbocycles. The zero-order valence-corrected chi connectivity index (χ0v) is 16.3. The van der Waals surface area contributed by atoms with Crippen LogP contribution in [0.5, 0.6) is 0 Å². The van der Waals surface area contributed by atoms with Crippen LogP contribution in [-0.4, -0.2) is 41.8 Å². The number of aromatic amines is 1. The Bertz CT molecular complexity index is 790. The van der Waals surface area contributed by atoms with Crippen LogP contribution in [0.15, 0.2) is 18.3 Å². The molecule has 1 N–H and O–H groups in total. The Labute approximate surface area is 155 Å². The molecule has 1 saturated heterocycles. The number of piperidine rings is 1. The molecule has 1 fully saturated rings. The molecule has 1 aliphatic heterocycles. The van der Waals surface area contributed by atoms with Crippen LogP contribution in [0.25, 0.3) is 11.8 Å². The van der Waals surface area contributed by atoms with E-state index in [-0.39, 0.29) is 6.09 Å². The first-order chi connectivity index (χ1) is 12.4. The number of ether oxygens (including phenoxy) is 2. The molecule has 0 unspecified atom stereocenters. The van der Waals surface area contributed by atoms with Gasteiger partial charge in [0, 0.05) is 29.9 Å². The van der Waals surface area contributed by atoms with Crippen molar-refractivity contribution in [2.24, 2.45) is 0 Å². The van der Waals surface area contributed by atoms with Crippen molar-refractivity contribution < 1.29 is 14.3 Å². The van der Waals surface area contributed by atoms with Gasteiger partial charge in [-0.05, 0) is 64.0 Å². The molecule has 5 heteroatoms. The maximum Gasteiger partial charge on any atom is 0.410 e. The molecule has 2 heterocycles. The Morgan fingerprint density at radius 1 is 1.23 bits per heavy atom. The summed E-state index contributed by atoms with van der Waals surface area (Å²) in [5, 5.41) is 2.33. The van der Waals surface area contributed by atoms with Crippen LogP contribution in [-0.2, 0) is 9.47 Å². The van der Waals surface area contributed by atoms with Gasteiger partial charge >= 0.3 is 6.09 Å². The fourth-order valence-corrected chi connectivity index (χ4v) is 3.68. The summed E-state index contributed by atoms with van der Waals surface area (Å²) in [5.41, 5.74) is 0.845. The van der Waals surface area contributed by atoms with Crippen LogP contribution in [0.4, 0.5) is 4.79 Å². The second-order valence-corrected chi connectivity index (χ2v) is 8.03. The lowest BCUT2D eigenvalue weighted by atomic mass is 9.89. The number of carbonyl (C=O) groups is 1. The van der Waals surface area contributed by atoms with E-state index in [1.807, 2.05) is 25.7 Å². The van der Waals surface area contributed by atoms with Crippen LogP contribution >= 0.6 is 0 Å². The van der Waals surface area contributed by atoms with Crippen molar-refractivity contribution in [2.75, 3.05) is 20.2 Å². The van der Waals surface area contributed by atoms with E-state index in [4.69, 9.17) is 9.47 Å². The molecule has 26 heavy (non-hydrogen) atoms. The van der Waals surface area contributed by atoms with Crippen LogP contribution < -0.4 is 10.6 Å². The molecule has 0 bridgehead atoms. The third-order valence-corrected chi connectivity index (χ3v) is 4.94. The number of hydrogen-bond acceptors (Lipinski definition) is 3. The zero-order valence-electron chi connectivity index (χ0n) is 16.3. The molecule has 5 nitrogen and oxygen atoms in total. The number of methoxy groups -OCH3 is 1. The fraction of sp³-hybridized carbons (Fsp3) is 0.571. The van der Waals surface area contributed by atoms with E-state index in [9.17, 15) is 4.79 Å². The normalized spacial score (nSPS) is 18.6. The van der Waals surface area contributed by atoms with Gasteiger partial charge < -0.3 is 19.4 Å². The van der Waals surface area contributed by atoms with Crippen molar-refractivity contribution in [3.63, 3.8) is 0 Å². The predicted molar refractivity (Wildman–Crippen MR) is 103 cm³/mol. The number of hydrogen-bond donors (Lipinski definition) is 1. The van der Waals surface area contributed by atoms with E-state index in [0.29, 0.717) is 5.92 Å². The number of H-pyrrole nitrogens is 1. The predicted octanol–water partition coefficient (Wildman–Crippen LogP) is 3.01. The van der Waals surface area contributed by atoms with E-state index in [1.165, 1.54) is 10.8 Å². The molecule has 0 aromatic carbocycles. The highest BCUT2D eigenvalue weighted by Gasteiger charge is 2.28. The Balaban J connectivity index is 1.80. The summed E-state index contributed by atoms with van der Waals surface area (Å²) in [6, 6.07) is 0. The molecule has 0 spiro atoms. The van der Waals surface area contributed by atoms with Crippen molar-refractivity contribution in [2.45, 2.75) is 58.0 Å². The molecule has 0 saturated carbocycles. The Hall–Kier alpha value is -2.17. The molecule has 1 amide bonds. The average molecular weight is 358 g/mol. The molecule has 2 aliphatic rings. The van der Waals surface area contributed by atoms with Gasteiger partial charge in [-0.1, -0.05) is 12.2 Å². The fourth-order valence-electron chi connectivity index (χ4n) is 3.68. The lowest BCUT2D eigenvalue weighted by molar-refractivity contribution is 0.0204. The minimum Gasteiger partial charge on any atom is -0.496 e. The van der Waals surface area contributed by atoms with Crippen molar-refractivity contribution in [3.8, 4) is 0 Å². The van der Waals surface area contributed by atoms with E-state index in [0.717, 1.165) is 49.9 Å². The van der Waals surface area contributed by atoms with Gasteiger partial charge in [-0.2, -0.15) is 0 Å². The smallest absolute Gasteiger partial charge is 0.410 e. The molecule has 1 aromatic heterocycles. The lowest BCUT2D eigenvalue weighted by Crippen LogP contribution is -2.42. The van der Waals surface area contributed by atoms with Crippen LogP contribution in [0.1, 0.15) is 57.9 Å². The van der Waals surface area contributed by atoms with Gasteiger partial charge in [0.2, 0.25) is 0 Å². The minimum atomic E-state index is -0.450. The van der Waals surface area contributed by atoms with Gasteiger partial charge in [-0.3, -0.25) is 0 Å². The number of rotatable bonds is 2. The summed E-state index contributed by atoms with van der Waals surface area (Å²) >= 11 is 0. The van der Waals surface area contributed by atoms with E-state index in [2.05, 4.69) is 29.4 Å². The van der Waals surface area contributed by atoms with Crippen LogP contribution in [0.2, 0.25) is 0 Å². The first-order valence-corrected chi connectivity index (χ1v) is 9.49. The van der Waals surface area contributed by atoms with Crippen molar-refractivity contribution in [1.29, 1.82) is 0 Å². The Kier molecular flexibility index (Phi) is 5.44. The summed E-state index contributed by atoms with van der Waals surface area (Å²) < 4.78 is 11.2. The minimum absolute atomic E-state index is 0.208. The van der Waals surface area contributed by atoms with E-state index in [1.54, 1.807) is 7.11 Å². The van der Waals surface area contributed by atoms with Gasteiger partial charge in [0.05, 0.1) is 7.11 Å². The summed E-state index contributed by atoms with van der Waals surface area (Å²) in [7, 11) is 1.73. The van der Waals surface area contributed by atoms with Crippen LogP contribution in [0, 0.1) is 0 Å². The van der Waals surface area contributed by atoms with E-state index >= 15 is 0 Å². The molecular weight excluding hydrogens is 328 g/mol. The van der Waals surface area contributed by atoms with Crippen LogP contribution in [0.3, 0.4) is 0 Å². The second kappa shape index (κ2) is 7.60. The van der Waals surface area contributed by atoms with Gasteiger partial charge in [0.1, 0.15) is 11.4 Å². The lowest BCUT2D eigenvalue weighted by Gasteiger charge is -2.33. The number of carbonyl (C=O) groups excluding carboxylic acids is 1. The maximum absolute atomic E-state index is 12.3. The summed E-state index contributed by atoms with van der Waals surface area (Å²) in [6.07, 6.45) is 12.3. The second-order valence-electron chi connectivity index (χ2n) is 8.03. The van der Waals surface area contributed by atoms with Gasteiger partial charge in [-0.15, -0.1) is 0 Å². The third kappa shape index (κ3) is 4.14. The first-order valence-electron chi connectivity index (χ1n) is 9.49. The van der Waals surface area contributed by atoms with Gasteiger partial charge in [0.15, 0.2) is 0 Å². The summed E-state index contributed by atoms with van der Waals surface area (Å²) in [4.78, 5) is 17.5. The van der Waals surface area contributed by atoms with Gasteiger partial charge in [-0.25, -0.2) is 4.79 Å². The highest BCUT2D eigenvalue weighted by atomic mass is 16.6. The number of aromatic nitrogens is 1. The van der Waals surface area contributed by atoms with Crippen molar-refractivity contribution in [1.82, 2.24) is 9.88 Å². The van der Waals surface area contributed by atoms with E-state index < -0.39 is 5.60 Å². The topological polar surface area (TPSA) is 54.6 Å². The van der Waals surface area contributed by atoms with Crippen molar-refractivity contribution in [3.05, 3.63) is 34.5 Å². The highest BCUT2D eigenvalue weighted by Crippen LogP contribution is 2.27. The molecule has 1 aromatic rings. The quantitative estimate of drug-likeness (QED) is 0.884. The number of allylic oxidation sites excluding steroid dienone is 1. The largest absolute Gasteiger partial charge is 0.496 e. The highest BCUT2D eigenvalue weighted by molar-refractivity contribution is 5.68. The standard InChI is InChI=1S/C21H30N2O3/c1-21(2,3)26-20(24)23-12-10-15(11-13-23)16-14-22-17-8-6-5-7-9-18(25-4)19(16)17/h7-9,14-15,22H,5-6,10-13H2,1-4H3. The third-order valence-electron chi connectivity index (χ3n) is 4.94. The van der Waals surface area contributed by atoms with Crippen molar-refractivity contribution >= 4 is 17.9 Å². The maximum atomic E-state index is 12.3. The number of nitrogens with zero attached hydrogens (tertiary/aromatic N) is 1. The molecule has 0 radical (unpaired) electrons. The number of fused-ring (bicyclic) bond motifs is 1. The zero-order chi connectivity index (χ0) is 18.7. The summed E-state index contributed by atoms with van der Waals surface area (Å²) in [5.74, 6) is 1.34. The average Bonchev–Trinajstić information content (AvgIpc) is 2.97. The number of likely N-dealkylation sites (tertiary alicyclic amines) is 1. The SMILES string of the molecule is COC1=c2c(C3CCN(C(=O)OC(C)(C)C)CC3)c[nH]c2=CCCC=C1. The van der Waals surface area contributed by atoms with Gasteiger partial charge in [0.25, 0.3) is 0 Å². The Morgan fingerprint density at radius 3 is 2.62 bits per heavy atom. The first kappa shape index (κ1) is 18.6. The number of nitrogens with one attached hydrogen (secondary N) is 1. The monoisotopic (exact) mass is 358 g/mol. The number of amides is 1. The Morgan fingerprint density at radius 2 is 1.96 bits per heavy atom. The molecule has 3 rings (SSSR count). The molecular formula is C21H30N2O3. The molecule has 142 valence electrons. The molecule has 0 atom stereocenters. The summed E-state index contributed by atoms with van der Waals surface area (Å²) in [6.45, 7) is 7.16.